The number of nitrogens with one attached hydrogen (secondary N) is 2. The second-order valence-corrected chi connectivity index (χ2v) is 7.12. The van der Waals surface area contributed by atoms with Gasteiger partial charge in [0.05, 0.1) is 18.2 Å². The Balaban J connectivity index is 1.51. The molecule has 0 radical (unpaired) electrons. The van der Waals surface area contributed by atoms with Crippen LogP contribution in [0.4, 0.5) is 0 Å². The third-order valence-electron chi connectivity index (χ3n) is 5.20. The molecule has 0 aromatic heterocycles. The molecule has 4 unspecified atom stereocenters. The maximum Gasteiger partial charge on any atom is 0.191 e. The average Bonchev–Trinajstić information content (AvgIpc) is 3.20. The van der Waals surface area contributed by atoms with Gasteiger partial charge >= 0.3 is 0 Å². The van der Waals surface area contributed by atoms with E-state index in [1.165, 1.54) is 18.4 Å². The highest BCUT2D eigenvalue weighted by Gasteiger charge is 2.41. The molecule has 4 atom stereocenters. The number of hydrogen-bond acceptors (Lipinski definition) is 3. The van der Waals surface area contributed by atoms with Crippen molar-refractivity contribution in [2.75, 3.05) is 27.7 Å². The monoisotopic (exact) mass is 330 g/mol. The molecule has 0 saturated carbocycles. The summed E-state index contributed by atoms with van der Waals surface area (Å²) in [6.07, 6.45) is 5.34. The number of rotatable bonds is 6. The lowest BCUT2D eigenvalue weighted by atomic mass is 9.96. The maximum absolute atomic E-state index is 5.92. The number of likely N-dealkylation sites (N-methyl/N-ethyl adjacent to an activating group) is 1. The Kier molecular flexibility index (Phi) is 5.74. The SMILES string of the molecule is CN=C(NCC(Cc1ccccc1)N(C)C)NC1CC2CCC1O2. The third kappa shape index (κ3) is 4.28. The number of hydrogen-bond donors (Lipinski definition) is 2. The Morgan fingerprint density at radius 2 is 2.08 bits per heavy atom. The highest BCUT2D eigenvalue weighted by atomic mass is 16.5. The molecule has 0 spiro atoms. The normalized spacial score (nSPS) is 27.5. The second-order valence-electron chi connectivity index (χ2n) is 7.12. The van der Waals surface area contributed by atoms with E-state index in [9.17, 15) is 0 Å². The van der Waals surface area contributed by atoms with Gasteiger partial charge in [0.2, 0.25) is 0 Å². The molecule has 5 heteroatoms. The van der Waals surface area contributed by atoms with Crippen LogP contribution in [0.2, 0.25) is 0 Å². The topological polar surface area (TPSA) is 48.9 Å². The molecule has 2 heterocycles. The summed E-state index contributed by atoms with van der Waals surface area (Å²) < 4.78 is 5.92. The summed E-state index contributed by atoms with van der Waals surface area (Å²) in [4.78, 5) is 6.67. The zero-order valence-electron chi connectivity index (χ0n) is 15.0. The molecule has 2 aliphatic heterocycles. The van der Waals surface area contributed by atoms with E-state index in [1.807, 2.05) is 7.05 Å². The zero-order valence-corrected chi connectivity index (χ0v) is 15.0. The van der Waals surface area contributed by atoms with Crippen molar-refractivity contribution in [2.24, 2.45) is 4.99 Å². The lowest BCUT2D eigenvalue weighted by molar-refractivity contribution is 0.0992. The Hall–Kier alpha value is -1.59. The van der Waals surface area contributed by atoms with Gasteiger partial charge in [-0.05, 0) is 45.3 Å². The summed E-state index contributed by atoms with van der Waals surface area (Å²) in [5, 5.41) is 7.05. The van der Waals surface area contributed by atoms with E-state index in [-0.39, 0.29) is 0 Å². The number of aliphatic imine (C=N–C) groups is 1. The minimum atomic E-state index is 0.363. The van der Waals surface area contributed by atoms with Crippen molar-refractivity contribution in [3.63, 3.8) is 0 Å². The molecule has 2 aliphatic rings. The molecule has 2 saturated heterocycles. The summed E-state index contributed by atoms with van der Waals surface area (Å²) >= 11 is 0. The molecule has 0 aliphatic carbocycles. The van der Waals surface area contributed by atoms with Crippen molar-refractivity contribution < 1.29 is 4.74 Å². The molecule has 2 bridgehead atoms. The second kappa shape index (κ2) is 7.99. The van der Waals surface area contributed by atoms with Gasteiger partial charge < -0.3 is 20.3 Å². The minimum Gasteiger partial charge on any atom is -0.373 e. The number of guanidine groups is 1. The first kappa shape index (κ1) is 17.2. The van der Waals surface area contributed by atoms with Crippen LogP contribution < -0.4 is 10.6 Å². The molecule has 132 valence electrons. The smallest absolute Gasteiger partial charge is 0.191 e. The van der Waals surface area contributed by atoms with Crippen LogP contribution in [0.5, 0.6) is 0 Å². The summed E-state index contributed by atoms with van der Waals surface area (Å²) in [5.41, 5.74) is 1.36. The summed E-state index contributed by atoms with van der Waals surface area (Å²) in [7, 11) is 6.11. The highest BCUT2D eigenvalue weighted by molar-refractivity contribution is 5.80. The largest absolute Gasteiger partial charge is 0.373 e. The van der Waals surface area contributed by atoms with Gasteiger partial charge in [0.1, 0.15) is 0 Å². The molecule has 5 nitrogen and oxygen atoms in total. The van der Waals surface area contributed by atoms with Gasteiger partial charge in [-0.25, -0.2) is 0 Å². The standard InChI is InChI=1S/C19H30N4O/c1-20-19(22-17-12-16-9-10-18(17)24-16)21-13-15(23(2)3)11-14-7-5-4-6-8-14/h4-8,15-18H,9-13H2,1-3H3,(H2,20,21,22). The van der Waals surface area contributed by atoms with Gasteiger partial charge in [-0.1, -0.05) is 30.3 Å². The number of ether oxygens (including phenoxy) is 1. The van der Waals surface area contributed by atoms with Crippen LogP contribution in [0.1, 0.15) is 24.8 Å². The van der Waals surface area contributed by atoms with Crippen molar-refractivity contribution in [3.8, 4) is 0 Å². The fourth-order valence-corrected chi connectivity index (χ4v) is 3.70. The fourth-order valence-electron chi connectivity index (χ4n) is 3.70. The first-order valence-corrected chi connectivity index (χ1v) is 8.98. The molecule has 2 N–H and O–H groups in total. The highest BCUT2D eigenvalue weighted by Crippen LogP contribution is 2.34. The van der Waals surface area contributed by atoms with Crippen molar-refractivity contribution in [1.29, 1.82) is 0 Å². The van der Waals surface area contributed by atoms with Crippen LogP contribution in [-0.4, -0.2) is 62.8 Å². The lowest BCUT2D eigenvalue weighted by Crippen LogP contribution is -2.50. The Morgan fingerprint density at radius 1 is 1.29 bits per heavy atom. The van der Waals surface area contributed by atoms with E-state index in [2.05, 4.69) is 65.0 Å². The quantitative estimate of drug-likeness (QED) is 0.615. The third-order valence-corrected chi connectivity index (χ3v) is 5.20. The molecular formula is C19H30N4O. The molecule has 2 fully saturated rings. The minimum absolute atomic E-state index is 0.363. The van der Waals surface area contributed by atoms with Crippen molar-refractivity contribution in [1.82, 2.24) is 15.5 Å². The van der Waals surface area contributed by atoms with Crippen LogP contribution in [0.3, 0.4) is 0 Å². The maximum atomic E-state index is 5.92. The van der Waals surface area contributed by atoms with Gasteiger partial charge in [-0.15, -0.1) is 0 Å². The molecule has 3 rings (SSSR count). The summed E-state index contributed by atoms with van der Waals surface area (Å²) in [5.74, 6) is 0.885. The first-order valence-electron chi connectivity index (χ1n) is 8.98. The Labute approximate surface area is 145 Å². The van der Waals surface area contributed by atoms with E-state index in [0.717, 1.165) is 25.3 Å². The van der Waals surface area contributed by atoms with Gasteiger partial charge in [-0.3, -0.25) is 4.99 Å². The van der Waals surface area contributed by atoms with Crippen LogP contribution in [0.15, 0.2) is 35.3 Å². The van der Waals surface area contributed by atoms with Gasteiger partial charge in [0, 0.05) is 19.6 Å². The predicted molar refractivity (Wildman–Crippen MR) is 98.4 cm³/mol. The molecular weight excluding hydrogens is 300 g/mol. The number of benzene rings is 1. The zero-order chi connectivity index (χ0) is 16.9. The van der Waals surface area contributed by atoms with Crippen LogP contribution in [0, 0.1) is 0 Å². The van der Waals surface area contributed by atoms with Gasteiger partial charge in [0.25, 0.3) is 0 Å². The Morgan fingerprint density at radius 3 is 2.67 bits per heavy atom. The van der Waals surface area contributed by atoms with Gasteiger partial charge in [0.15, 0.2) is 5.96 Å². The molecule has 1 aromatic rings. The van der Waals surface area contributed by atoms with E-state index >= 15 is 0 Å². The molecule has 24 heavy (non-hydrogen) atoms. The van der Waals surface area contributed by atoms with Gasteiger partial charge in [-0.2, -0.15) is 0 Å². The van der Waals surface area contributed by atoms with E-state index in [1.54, 1.807) is 0 Å². The number of fused-ring (bicyclic) bond motifs is 2. The van der Waals surface area contributed by atoms with Crippen LogP contribution in [0.25, 0.3) is 0 Å². The Bertz CT molecular complexity index is 546. The van der Waals surface area contributed by atoms with Crippen molar-refractivity contribution in [2.45, 2.75) is 50.0 Å². The summed E-state index contributed by atoms with van der Waals surface area (Å²) in [6.45, 7) is 0.864. The van der Waals surface area contributed by atoms with Crippen LogP contribution >= 0.6 is 0 Å². The number of nitrogens with zero attached hydrogens (tertiary/aromatic N) is 2. The predicted octanol–water partition coefficient (Wildman–Crippen LogP) is 1.64. The van der Waals surface area contributed by atoms with Crippen LogP contribution in [-0.2, 0) is 11.2 Å². The van der Waals surface area contributed by atoms with E-state index < -0.39 is 0 Å². The van der Waals surface area contributed by atoms with Crippen molar-refractivity contribution >= 4 is 5.96 Å². The first-order chi connectivity index (χ1) is 11.7. The molecule has 0 amide bonds. The fraction of sp³-hybridized carbons (Fsp3) is 0.632. The van der Waals surface area contributed by atoms with E-state index in [0.29, 0.717) is 24.3 Å². The molecule has 1 aromatic carbocycles. The van der Waals surface area contributed by atoms with E-state index in [4.69, 9.17) is 4.74 Å². The summed E-state index contributed by atoms with van der Waals surface area (Å²) in [6, 6.07) is 11.5. The average molecular weight is 330 g/mol. The lowest BCUT2D eigenvalue weighted by Gasteiger charge is -2.27. The van der Waals surface area contributed by atoms with Crippen molar-refractivity contribution in [3.05, 3.63) is 35.9 Å².